The van der Waals surface area contributed by atoms with Gasteiger partial charge in [0.2, 0.25) is 0 Å². The number of alkyl carbamates (subject to hydrolysis) is 1. The number of pyridine rings is 2. The van der Waals surface area contributed by atoms with Gasteiger partial charge in [0, 0.05) is 34.1 Å². The van der Waals surface area contributed by atoms with Crippen LogP contribution in [0.1, 0.15) is 70.7 Å². The van der Waals surface area contributed by atoms with Crippen molar-refractivity contribution < 1.29 is 33.3 Å². The fourth-order valence-corrected chi connectivity index (χ4v) is 8.51. The zero-order valence-corrected chi connectivity index (χ0v) is 27.3. The van der Waals surface area contributed by atoms with Crippen LogP contribution in [0.5, 0.6) is 5.75 Å². The van der Waals surface area contributed by atoms with Gasteiger partial charge < -0.3 is 29.2 Å². The van der Waals surface area contributed by atoms with Crippen molar-refractivity contribution in [2.75, 3.05) is 13.7 Å². The van der Waals surface area contributed by atoms with E-state index in [1.807, 2.05) is 24.3 Å². The van der Waals surface area contributed by atoms with Crippen molar-refractivity contribution in [2.45, 2.75) is 56.9 Å². The van der Waals surface area contributed by atoms with Gasteiger partial charge in [0.15, 0.2) is 17.2 Å². The molecule has 10 nitrogen and oxygen atoms in total. The Balaban J connectivity index is 1.12. The van der Waals surface area contributed by atoms with Crippen LogP contribution in [0.4, 0.5) is 9.18 Å². The van der Waals surface area contributed by atoms with E-state index in [4.69, 9.17) is 19.2 Å². The summed E-state index contributed by atoms with van der Waals surface area (Å²) in [7, 11) is 1.42. The molecule has 3 aromatic carbocycles. The van der Waals surface area contributed by atoms with Gasteiger partial charge in [0.1, 0.15) is 13.2 Å². The van der Waals surface area contributed by atoms with Gasteiger partial charge in [-0.15, -0.1) is 0 Å². The first-order chi connectivity index (χ1) is 24.2. The van der Waals surface area contributed by atoms with Crippen LogP contribution in [0, 0.1) is 5.82 Å². The first kappa shape index (κ1) is 30.5. The lowest BCUT2D eigenvalue weighted by Gasteiger charge is -2.31. The topological polar surface area (TPSA) is 129 Å². The van der Waals surface area contributed by atoms with Crippen molar-refractivity contribution >= 4 is 23.0 Å². The third-order valence-electron chi connectivity index (χ3n) is 10.9. The first-order valence-corrected chi connectivity index (χ1v) is 16.7. The predicted molar refractivity (Wildman–Crippen MR) is 180 cm³/mol. The number of aryl methyl sites for hydroxylation is 1. The summed E-state index contributed by atoms with van der Waals surface area (Å²) in [6.07, 6.45) is 0.233. The van der Waals surface area contributed by atoms with E-state index in [2.05, 4.69) is 29.6 Å². The molecule has 0 saturated carbocycles. The number of aliphatic hydroxyl groups is 1. The zero-order chi connectivity index (χ0) is 34.5. The number of hydrogen-bond donors (Lipinski definition) is 2. The standard InChI is InChI=1S/C39H32FN3O7/c1-3-39(47)27-14-31-34-24(16-43(31)36(44)26(27)18-49-37(39)45)33-29(13-12-23-32(33)30(41-34)15-28(40)35(23)48-2)42-38(46)50-17-25-21-10-6-4-8-19(21)20-9-5-7-11-22(20)25/h4-11,14-15,25,29,47H,3,12-13,16-18H2,1-2H3,(H,42,46)/t29?,39-/m0/s1. The Bertz CT molecular complexity index is 2340. The summed E-state index contributed by atoms with van der Waals surface area (Å²) in [6.45, 7) is 1.64. The number of methoxy groups -OCH3 is 1. The van der Waals surface area contributed by atoms with Crippen LogP contribution in [0.2, 0.25) is 0 Å². The van der Waals surface area contributed by atoms with Gasteiger partial charge >= 0.3 is 12.1 Å². The molecule has 0 saturated heterocycles. The monoisotopic (exact) mass is 673 g/mol. The number of hydrogen-bond acceptors (Lipinski definition) is 8. The lowest BCUT2D eigenvalue weighted by molar-refractivity contribution is -0.172. The molecule has 9 rings (SSSR count). The van der Waals surface area contributed by atoms with E-state index >= 15 is 4.39 Å². The van der Waals surface area contributed by atoms with E-state index in [0.29, 0.717) is 51.8 Å². The van der Waals surface area contributed by atoms with Crippen LogP contribution in [-0.4, -0.2) is 40.4 Å². The summed E-state index contributed by atoms with van der Waals surface area (Å²) in [5.74, 6) is -1.38. The second-order valence-electron chi connectivity index (χ2n) is 13.3. The summed E-state index contributed by atoms with van der Waals surface area (Å²) in [4.78, 5) is 45.1. The number of cyclic esters (lactones) is 1. The summed E-state index contributed by atoms with van der Waals surface area (Å²) in [6, 6.07) is 18.6. The number of esters is 1. The third-order valence-corrected chi connectivity index (χ3v) is 10.9. The molecule has 2 atom stereocenters. The molecule has 5 aromatic rings. The Labute approximate surface area is 285 Å². The van der Waals surface area contributed by atoms with Gasteiger partial charge in [-0.1, -0.05) is 55.5 Å². The number of ether oxygens (including phenoxy) is 3. The van der Waals surface area contributed by atoms with Crippen LogP contribution < -0.4 is 15.6 Å². The number of carbonyl (C=O) groups excluding carboxylic acids is 2. The maximum Gasteiger partial charge on any atom is 0.407 e. The van der Waals surface area contributed by atoms with Crippen molar-refractivity contribution in [3.05, 3.63) is 116 Å². The number of rotatable bonds is 5. The maximum atomic E-state index is 15.4. The maximum absolute atomic E-state index is 15.4. The van der Waals surface area contributed by atoms with E-state index in [-0.39, 0.29) is 49.0 Å². The molecular formula is C39H32FN3O7. The number of halogens is 1. The Hall–Kier alpha value is -5.55. The molecule has 252 valence electrons. The van der Waals surface area contributed by atoms with Crippen molar-refractivity contribution in [1.82, 2.24) is 14.9 Å². The molecule has 4 aliphatic rings. The second-order valence-corrected chi connectivity index (χ2v) is 13.3. The van der Waals surface area contributed by atoms with Crippen LogP contribution in [0.3, 0.4) is 0 Å². The van der Waals surface area contributed by atoms with Crippen LogP contribution in [-0.2, 0) is 39.4 Å². The summed E-state index contributed by atoms with van der Waals surface area (Å²) in [5, 5.41) is 15.1. The molecule has 50 heavy (non-hydrogen) atoms. The first-order valence-electron chi connectivity index (χ1n) is 16.7. The molecule has 4 heterocycles. The fraction of sp³-hybridized carbons (Fsp3) is 0.282. The number of benzene rings is 3. The average Bonchev–Trinajstić information content (AvgIpc) is 3.65. The van der Waals surface area contributed by atoms with Crippen molar-refractivity contribution in [1.29, 1.82) is 0 Å². The molecule has 1 amide bonds. The Morgan fingerprint density at radius 3 is 2.50 bits per heavy atom. The largest absolute Gasteiger partial charge is 0.493 e. The molecule has 0 spiro atoms. The molecule has 0 fully saturated rings. The third kappa shape index (κ3) is 4.16. The minimum absolute atomic E-state index is 0.00544. The fourth-order valence-electron chi connectivity index (χ4n) is 8.51. The van der Waals surface area contributed by atoms with E-state index in [9.17, 15) is 19.5 Å². The number of aromatic nitrogens is 2. The molecule has 0 radical (unpaired) electrons. The average molecular weight is 674 g/mol. The van der Waals surface area contributed by atoms with Crippen LogP contribution >= 0.6 is 0 Å². The van der Waals surface area contributed by atoms with Gasteiger partial charge in [0.25, 0.3) is 5.56 Å². The number of fused-ring (bicyclic) bond motifs is 8. The Morgan fingerprint density at radius 2 is 1.80 bits per heavy atom. The highest BCUT2D eigenvalue weighted by Gasteiger charge is 2.46. The molecule has 11 heteroatoms. The number of nitrogens with zero attached hydrogens (tertiary/aromatic N) is 2. The van der Waals surface area contributed by atoms with Gasteiger partial charge in [-0.2, -0.15) is 0 Å². The van der Waals surface area contributed by atoms with Crippen molar-refractivity contribution in [2.24, 2.45) is 0 Å². The molecule has 2 N–H and O–H groups in total. The Kier molecular flexibility index (Phi) is 6.70. The zero-order valence-electron chi connectivity index (χ0n) is 27.3. The number of amides is 1. The lowest BCUT2D eigenvalue weighted by atomic mass is 9.83. The quantitative estimate of drug-likeness (QED) is 0.222. The van der Waals surface area contributed by atoms with Gasteiger partial charge in [-0.25, -0.2) is 19.0 Å². The van der Waals surface area contributed by atoms with Gasteiger partial charge in [-0.05, 0) is 53.1 Å². The number of nitrogens with one attached hydrogen (secondary N) is 1. The van der Waals surface area contributed by atoms with Crippen molar-refractivity contribution in [3.8, 4) is 28.3 Å². The highest BCUT2D eigenvalue weighted by atomic mass is 19.1. The smallest absolute Gasteiger partial charge is 0.407 e. The Morgan fingerprint density at radius 1 is 1.08 bits per heavy atom. The summed E-state index contributed by atoms with van der Waals surface area (Å²) in [5.41, 5.74) is 5.62. The molecule has 2 aromatic heterocycles. The molecular weight excluding hydrogens is 641 g/mol. The second kappa shape index (κ2) is 11.0. The van der Waals surface area contributed by atoms with Crippen molar-refractivity contribution in [3.63, 3.8) is 0 Å². The van der Waals surface area contributed by atoms with E-state index < -0.39 is 35.1 Å². The molecule has 2 aliphatic heterocycles. The SMILES string of the molecule is CC[C@@]1(O)C(=O)OCc2c1cc1n(c2=O)Cc2c-1nc1cc(F)c(OC)c3c1c2C(NC(=O)OCC1c2ccccc2-c2ccccc21)CC3. The van der Waals surface area contributed by atoms with Crippen LogP contribution in [0.25, 0.3) is 33.4 Å². The molecule has 1 unspecified atom stereocenters. The van der Waals surface area contributed by atoms with Crippen LogP contribution in [0.15, 0.2) is 65.5 Å². The highest BCUT2D eigenvalue weighted by molar-refractivity contribution is 5.94. The predicted octanol–water partition coefficient (Wildman–Crippen LogP) is 5.75. The summed E-state index contributed by atoms with van der Waals surface area (Å²) >= 11 is 0. The van der Waals surface area contributed by atoms with E-state index in [1.54, 1.807) is 13.0 Å². The molecule has 0 bridgehead atoms. The lowest BCUT2D eigenvalue weighted by Crippen LogP contribution is -2.44. The highest BCUT2D eigenvalue weighted by Crippen LogP contribution is 2.48. The van der Waals surface area contributed by atoms with E-state index in [0.717, 1.165) is 22.3 Å². The minimum atomic E-state index is -1.99. The van der Waals surface area contributed by atoms with Gasteiger partial charge in [0.05, 0.1) is 42.2 Å². The van der Waals surface area contributed by atoms with E-state index in [1.165, 1.54) is 17.7 Å². The summed E-state index contributed by atoms with van der Waals surface area (Å²) < 4.78 is 33.6. The minimum Gasteiger partial charge on any atom is -0.493 e. The normalized spacial score (nSPS) is 19.6. The number of carbonyl (C=O) groups is 2. The molecule has 2 aliphatic carbocycles. The van der Waals surface area contributed by atoms with Gasteiger partial charge in [-0.3, -0.25) is 4.79 Å².